The van der Waals surface area contributed by atoms with Gasteiger partial charge in [0.1, 0.15) is 17.4 Å². The summed E-state index contributed by atoms with van der Waals surface area (Å²) in [6, 6.07) is 13.7. The summed E-state index contributed by atoms with van der Waals surface area (Å²) < 4.78 is 27.3. The average molecular weight is 454 g/mol. The summed E-state index contributed by atoms with van der Waals surface area (Å²) in [4.78, 5) is 12.6. The van der Waals surface area contributed by atoms with Gasteiger partial charge in [-0.25, -0.2) is 8.78 Å². The van der Waals surface area contributed by atoms with E-state index in [1.54, 1.807) is 12.1 Å². The van der Waals surface area contributed by atoms with E-state index in [0.717, 1.165) is 36.1 Å². The molecule has 1 fully saturated rings. The Morgan fingerprint density at radius 1 is 0.969 bits per heavy atom. The Kier molecular flexibility index (Phi) is 4.99. The first-order valence-corrected chi connectivity index (χ1v) is 10.5. The second-order valence-corrected chi connectivity index (χ2v) is 8.56. The highest BCUT2D eigenvalue weighted by Gasteiger charge is 2.31. The van der Waals surface area contributed by atoms with Crippen LogP contribution in [0, 0.1) is 11.6 Å². The molecule has 1 amide bonds. The van der Waals surface area contributed by atoms with Gasteiger partial charge in [-0.15, -0.1) is 0 Å². The maximum atomic E-state index is 13.6. The zero-order valence-electron chi connectivity index (χ0n) is 16.7. The number of aliphatic hydroxyl groups excluding tert-OH is 2. The minimum atomic E-state index is -0.860. The van der Waals surface area contributed by atoms with Gasteiger partial charge in [-0.2, -0.15) is 0 Å². The predicted molar refractivity (Wildman–Crippen MR) is 119 cm³/mol. The highest BCUT2D eigenvalue weighted by molar-refractivity contribution is 6.38. The number of hydrogen-bond donors (Lipinski definition) is 3. The molecule has 0 bridgehead atoms. The first-order chi connectivity index (χ1) is 15.3. The van der Waals surface area contributed by atoms with Crippen LogP contribution in [0.4, 0.5) is 14.5 Å². The molecule has 0 aromatic heterocycles. The van der Waals surface area contributed by atoms with Crippen molar-refractivity contribution in [2.75, 3.05) is 5.32 Å². The molecule has 3 aromatic rings. The van der Waals surface area contributed by atoms with Crippen LogP contribution < -0.4 is 5.32 Å². The van der Waals surface area contributed by atoms with E-state index in [4.69, 9.17) is 11.6 Å². The number of rotatable bonds is 3. The lowest BCUT2D eigenvalue weighted by molar-refractivity contribution is -0.110. The number of halogens is 3. The van der Waals surface area contributed by atoms with Gasteiger partial charge in [-0.05, 0) is 54.2 Å². The number of fused-ring (bicyclic) bond motifs is 1. The molecule has 3 aromatic carbocycles. The number of carbonyl (C=O) groups is 1. The summed E-state index contributed by atoms with van der Waals surface area (Å²) in [6.45, 7) is 0. The first kappa shape index (κ1) is 20.7. The maximum absolute atomic E-state index is 13.6. The van der Waals surface area contributed by atoms with Gasteiger partial charge in [0.25, 0.3) is 5.91 Å². The topological polar surface area (TPSA) is 69.6 Å². The molecule has 2 aliphatic rings. The Bertz CT molecular complexity index is 1260. The molecule has 0 radical (unpaired) electrons. The minimum Gasteiger partial charge on any atom is -0.506 e. The number of hydrogen-bond acceptors (Lipinski definition) is 3. The van der Waals surface area contributed by atoms with Crippen LogP contribution in [0.15, 0.2) is 54.6 Å². The largest absolute Gasteiger partial charge is 0.506 e. The Labute approximate surface area is 187 Å². The van der Waals surface area contributed by atoms with E-state index in [1.807, 2.05) is 24.3 Å². The average Bonchev–Trinajstić information content (AvgIpc) is 3.04. The van der Waals surface area contributed by atoms with Gasteiger partial charge >= 0.3 is 0 Å². The van der Waals surface area contributed by atoms with E-state index in [0.29, 0.717) is 33.8 Å². The third kappa shape index (κ3) is 3.55. The van der Waals surface area contributed by atoms with Crippen LogP contribution in [0.1, 0.15) is 35.4 Å². The summed E-state index contributed by atoms with van der Waals surface area (Å²) in [7, 11) is 0. The third-order valence-corrected chi connectivity index (χ3v) is 6.34. The molecule has 0 saturated heterocycles. The van der Waals surface area contributed by atoms with E-state index >= 15 is 0 Å². The summed E-state index contributed by atoms with van der Waals surface area (Å²) in [6.07, 6.45) is 1.27. The van der Waals surface area contributed by atoms with Crippen LogP contribution in [-0.2, 0) is 4.79 Å². The fourth-order valence-electron chi connectivity index (χ4n) is 4.28. The van der Waals surface area contributed by atoms with Gasteiger partial charge in [0.15, 0.2) is 0 Å². The fraction of sp³-hybridized carbons (Fsp3) is 0.160. The van der Waals surface area contributed by atoms with Crippen LogP contribution >= 0.6 is 11.6 Å². The molecule has 32 heavy (non-hydrogen) atoms. The molecule has 0 unspecified atom stereocenters. The Morgan fingerprint density at radius 3 is 2.25 bits per heavy atom. The normalized spacial score (nSPS) is 21.1. The lowest BCUT2D eigenvalue weighted by Gasteiger charge is -2.31. The van der Waals surface area contributed by atoms with Gasteiger partial charge in [-0.1, -0.05) is 35.9 Å². The molecule has 5 rings (SSSR count). The zero-order valence-corrected chi connectivity index (χ0v) is 17.5. The van der Waals surface area contributed by atoms with Crippen molar-refractivity contribution in [1.29, 1.82) is 0 Å². The monoisotopic (exact) mass is 453 g/mol. The summed E-state index contributed by atoms with van der Waals surface area (Å²) in [5, 5.41) is 23.3. The second kappa shape index (κ2) is 7.73. The van der Waals surface area contributed by atoms with Crippen molar-refractivity contribution in [3.05, 3.63) is 87.9 Å². The van der Waals surface area contributed by atoms with Crippen LogP contribution in [0.5, 0.6) is 0 Å². The molecule has 3 N–H and O–H groups in total. The van der Waals surface area contributed by atoms with Gasteiger partial charge in [-0.3, -0.25) is 4.79 Å². The Hall–Kier alpha value is -3.22. The smallest absolute Gasteiger partial charge is 0.260 e. The quantitative estimate of drug-likeness (QED) is 0.341. The number of benzene rings is 3. The lowest BCUT2D eigenvalue weighted by atomic mass is 9.77. The fourth-order valence-corrected chi connectivity index (χ4v) is 4.55. The van der Waals surface area contributed by atoms with Crippen LogP contribution in [-0.4, -0.2) is 22.2 Å². The molecule has 1 saturated carbocycles. The van der Waals surface area contributed by atoms with Gasteiger partial charge < -0.3 is 15.5 Å². The summed E-state index contributed by atoms with van der Waals surface area (Å²) in [5.74, 6) is -2.49. The van der Waals surface area contributed by atoms with Crippen molar-refractivity contribution in [1.82, 2.24) is 0 Å². The van der Waals surface area contributed by atoms with E-state index in [9.17, 15) is 23.8 Å². The van der Waals surface area contributed by atoms with Crippen LogP contribution in [0.3, 0.4) is 0 Å². The SMILES string of the molecule is O=C1Nc2cc(Cl)c(-c3ccc(C4CC(O)C4)cc3)cc2/C1=C(/O)c1cc(F)cc(F)c1. The highest BCUT2D eigenvalue weighted by atomic mass is 35.5. The molecule has 0 spiro atoms. The number of aliphatic hydroxyl groups is 2. The van der Waals surface area contributed by atoms with Crippen LogP contribution in [0.25, 0.3) is 22.5 Å². The number of amides is 1. The highest BCUT2D eigenvalue weighted by Crippen LogP contribution is 2.43. The molecule has 162 valence electrons. The van der Waals surface area contributed by atoms with E-state index in [1.165, 1.54) is 0 Å². The standard InChI is InChI=1S/C25H18ClF2NO3/c26-21-11-22-20(10-19(21)13-3-1-12(2-4-13)14-7-18(30)8-14)23(25(32)29-22)24(31)15-5-16(27)9-17(28)6-15/h1-6,9-11,14,18,30-31H,7-8H2,(H,29,32)/b24-23-. The van der Waals surface area contributed by atoms with Gasteiger partial charge in [0.05, 0.1) is 22.4 Å². The van der Waals surface area contributed by atoms with E-state index < -0.39 is 23.3 Å². The molecule has 1 aliphatic heterocycles. The number of nitrogens with one attached hydrogen (secondary N) is 1. The molecule has 4 nitrogen and oxygen atoms in total. The molecule has 1 aliphatic carbocycles. The van der Waals surface area contributed by atoms with Gasteiger partial charge in [0.2, 0.25) is 0 Å². The minimum absolute atomic E-state index is 0.0806. The van der Waals surface area contributed by atoms with Crippen molar-refractivity contribution in [2.24, 2.45) is 0 Å². The van der Waals surface area contributed by atoms with Crippen molar-refractivity contribution in [3.63, 3.8) is 0 Å². The number of carbonyl (C=O) groups excluding carboxylic acids is 1. The number of anilines is 1. The Morgan fingerprint density at radius 2 is 1.62 bits per heavy atom. The molecule has 7 heteroatoms. The van der Waals surface area contributed by atoms with Crippen molar-refractivity contribution < 1.29 is 23.8 Å². The predicted octanol–water partition coefficient (Wildman–Crippen LogP) is 5.90. The summed E-state index contributed by atoms with van der Waals surface area (Å²) in [5.41, 5.74) is 3.19. The lowest BCUT2D eigenvalue weighted by Crippen LogP contribution is -2.26. The molecule has 1 heterocycles. The van der Waals surface area contributed by atoms with Gasteiger partial charge in [0, 0.05) is 22.8 Å². The Balaban J connectivity index is 1.57. The van der Waals surface area contributed by atoms with E-state index in [2.05, 4.69) is 5.32 Å². The van der Waals surface area contributed by atoms with Crippen molar-refractivity contribution >= 4 is 34.5 Å². The molecular formula is C25H18ClF2NO3. The first-order valence-electron chi connectivity index (χ1n) is 10.1. The second-order valence-electron chi connectivity index (χ2n) is 8.16. The zero-order chi connectivity index (χ0) is 22.6. The van der Waals surface area contributed by atoms with Crippen molar-refractivity contribution in [2.45, 2.75) is 24.9 Å². The summed E-state index contributed by atoms with van der Waals surface area (Å²) >= 11 is 6.47. The van der Waals surface area contributed by atoms with E-state index in [-0.39, 0.29) is 17.2 Å². The third-order valence-electron chi connectivity index (χ3n) is 6.03. The van der Waals surface area contributed by atoms with Crippen LogP contribution in [0.2, 0.25) is 5.02 Å². The molecule has 0 atom stereocenters. The van der Waals surface area contributed by atoms with Crippen molar-refractivity contribution in [3.8, 4) is 11.1 Å². The maximum Gasteiger partial charge on any atom is 0.260 e. The molecular weight excluding hydrogens is 436 g/mol.